The van der Waals surface area contributed by atoms with Gasteiger partial charge in [0.2, 0.25) is 0 Å². The molecule has 2 heterocycles. The molecule has 2 aliphatic rings. The zero-order chi connectivity index (χ0) is 12.2. The third-order valence-electron chi connectivity index (χ3n) is 5.19. The summed E-state index contributed by atoms with van der Waals surface area (Å²) in [4.78, 5) is 0. The van der Waals surface area contributed by atoms with Crippen LogP contribution >= 0.6 is 0 Å². The molecule has 116 valence electrons. The van der Waals surface area contributed by atoms with Crippen LogP contribution in [0.2, 0.25) is 0 Å². The highest BCUT2D eigenvalue weighted by molar-refractivity contribution is 4.54. The van der Waals surface area contributed by atoms with Gasteiger partial charge in [0, 0.05) is 25.7 Å². The Morgan fingerprint density at radius 3 is 1.21 bits per heavy atom. The van der Waals surface area contributed by atoms with E-state index in [1.807, 2.05) is 0 Å². The van der Waals surface area contributed by atoms with Crippen molar-refractivity contribution in [2.75, 3.05) is 53.4 Å². The van der Waals surface area contributed by atoms with Crippen molar-refractivity contribution in [3.63, 3.8) is 0 Å². The maximum atomic E-state index is 2.46. The van der Waals surface area contributed by atoms with Crippen LogP contribution in [0.3, 0.4) is 0 Å². The lowest BCUT2D eigenvalue weighted by atomic mass is 10.2. The van der Waals surface area contributed by atoms with Crippen LogP contribution in [0.5, 0.6) is 0 Å². The van der Waals surface area contributed by atoms with Gasteiger partial charge in [0.15, 0.2) is 0 Å². The molecule has 2 saturated heterocycles. The molecule has 0 N–H and O–H groups in total. The number of halogens is 2. The van der Waals surface area contributed by atoms with E-state index in [4.69, 9.17) is 0 Å². The first-order chi connectivity index (χ1) is 8.12. The maximum absolute atomic E-state index is 2.46. The van der Waals surface area contributed by atoms with Crippen molar-refractivity contribution in [2.45, 2.75) is 44.9 Å². The van der Waals surface area contributed by atoms with Gasteiger partial charge in [-0.2, -0.15) is 0 Å². The molecule has 2 fully saturated rings. The number of hydrogen-bond acceptors (Lipinski definition) is 0. The number of likely N-dealkylation sites (tertiary alicyclic amines) is 2. The first-order valence-electron chi connectivity index (χ1n) is 7.79. The molecule has 19 heavy (non-hydrogen) atoms. The monoisotopic (exact) mass is 494 g/mol. The zero-order valence-corrected chi connectivity index (χ0v) is 17.2. The standard InChI is InChI=1S/C15H32N2.2HI/c1-16(12-6-7-13-16)10-4-3-5-11-17(2)14-8-9-15-17;;/h3-15H2,1-2H3;2*1H/q+2;;/p-2. The average molecular weight is 494 g/mol. The molecule has 2 aliphatic heterocycles. The van der Waals surface area contributed by atoms with Gasteiger partial charge in [-0.25, -0.2) is 0 Å². The fourth-order valence-corrected chi connectivity index (χ4v) is 3.81. The summed E-state index contributed by atoms with van der Waals surface area (Å²) >= 11 is 0. The van der Waals surface area contributed by atoms with Crippen molar-refractivity contribution < 1.29 is 56.9 Å². The Hall–Kier alpha value is 1.38. The quantitative estimate of drug-likeness (QED) is 0.206. The summed E-state index contributed by atoms with van der Waals surface area (Å²) in [6.07, 6.45) is 10.2. The molecule has 0 atom stereocenters. The van der Waals surface area contributed by atoms with E-state index in [-0.39, 0.29) is 48.0 Å². The first-order valence-corrected chi connectivity index (χ1v) is 7.79. The van der Waals surface area contributed by atoms with Gasteiger partial charge in [0.25, 0.3) is 0 Å². The molecule has 4 heteroatoms. The second kappa shape index (κ2) is 9.41. The van der Waals surface area contributed by atoms with E-state index < -0.39 is 0 Å². The minimum atomic E-state index is 0. The Morgan fingerprint density at radius 1 is 0.579 bits per heavy atom. The summed E-state index contributed by atoms with van der Waals surface area (Å²) in [7, 11) is 4.92. The van der Waals surface area contributed by atoms with Crippen LogP contribution in [-0.4, -0.2) is 62.3 Å². The highest BCUT2D eigenvalue weighted by atomic mass is 127. The molecular weight excluding hydrogens is 462 g/mol. The van der Waals surface area contributed by atoms with E-state index in [2.05, 4.69) is 14.1 Å². The zero-order valence-electron chi connectivity index (χ0n) is 12.8. The topological polar surface area (TPSA) is 0 Å². The van der Waals surface area contributed by atoms with Crippen LogP contribution in [0, 0.1) is 0 Å². The van der Waals surface area contributed by atoms with Gasteiger partial charge in [0.05, 0.1) is 53.4 Å². The second-order valence-corrected chi connectivity index (χ2v) is 7.06. The predicted octanol–water partition coefficient (Wildman–Crippen LogP) is -3.35. The van der Waals surface area contributed by atoms with Crippen LogP contribution in [0.4, 0.5) is 0 Å². The lowest BCUT2D eigenvalue weighted by Crippen LogP contribution is -3.00. The van der Waals surface area contributed by atoms with Gasteiger partial charge in [-0.05, 0) is 19.3 Å². The Balaban J connectivity index is 0.00000162. The second-order valence-electron chi connectivity index (χ2n) is 7.06. The van der Waals surface area contributed by atoms with E-state index in [0.29, 0.717) is 0 Å². The van der Waals surface area contributed by atoms with Crippen molar-refractivity contribution in [2.24, 2.45) is 0 Å². The van der Waals surface area contributed by atoms with Crippen LogP contribution in [0.25, 0.3) is 0 Å². The molecule has 0 radical (unpaired) electrons. The SMILES string of the molecule is C[N+]1(CCCCC[N+]2(C)CCCC2)CCCC1.[I-].[I-]. The van der Waals surface area contributed by atoms with E-state index in [1.54, 1.807) is 0 Å². The molecular formula is C15H32I2N2. The summed E-state index contributed by atoms with van der Waals surface area (Å²) < 4.78 is 2.73. The molecule has 2 rings (SSSR count). The van der Waals surface area contributed by atoms with Crippen LogP contribution in [-0.2, 0) is 0 Å². The first kappa shape index (κ1) is 20.4. The van der Waals surface area contributed by atoms with E-state index >= 15 is 0 Å². The number of hydrogen-bond donors (Lipinski definition) is 0. The summed E-state index contributed by atoms with van der Waals surface area (Å²) in [6, 6.07) is 0. The van der Waals surface area contributed by atoms with E-state index in [1.165, 1.54) is 93.2 Å². The van der Waals surface area contributed by atoms with Gasteiger partial charge >= 0.3 is 0 Å². The Morgan fingerprint density at radius 2 is 0.895 bits per heavy atom. The van der Waals surface area contributed by atoms with Crippen molar-refractivity contribution in [3.05, 3.63) is 0 Å². The van der Waals surface area contributed by atoms with Crippen molar-refractivity contribution in [1.82, 2.24) is 0 Å². The molecule has 2 nitrogen and oxygen atoms in total. The van der Waals surface area contributed by atoms with E-state index in [0.717, 1.165) is 0 Å². The molecule has 0 aromatic heterocycles. The normalized spacial score (nSPS) is 23.7. The number of rotatable bonds is 6. The third kappa shape index (κ3) is 6.78. The summed E-state index contributed by atoms with van der Waals surface area (Å²) in [6.45, 7) is 8.62. The lowest BCUT2D eigenvalue weighted by molar-refractivity contribution is -0.899. The lowest BCUT2D eigenvalue weighted by Gasteiger charge is -2.30. The van der Waals surface area contributed by atoms with Crippen LogP contribution in [0.1, 0.15) is 44.9 Å². The highest BCUT2D eigenvalue weighted by Gasteiger charge is 2.27. The van der Waals surface area contributed by atoms with Gasteiger partial charge < -0.3 is 56.9 Å². The van der Waals surface area contributed by atoms with Gasteiger partial charge in [0.1, 0.15) is 0 Å². The van der Waals surface area contributed by atoms with Gasteiger partial charge in [-0.3, -0.25) is 0 Å². The molecule has 0 aromatic rings. The third-order valence-corrected chi connectivity index (χ3v) is 5.19. The molecule has 0 spiro atoms. The summed E-state index contributed by atoms with van der Waals surface area (Å²) in [5.74, 6) is 0. The molecule has 0 aliphatic carbocycles. The highest BCUT2D eigenvalue weighted by Crippen LogP contribution is 2.19. The molecule has 0 unspecified atom stereocenters. The maximum Gasteiger partial charge on any atom is 0.0786 e. The van der Waals surface area contributed by atoms with Crippen molar-refractivity contribution in [1.29, 1.82) is 0 Å². The minimum Gasteiger partial charge on any atom is -1.00 e. The Kier molecular flexibility index (Phi) is 10.1. The van der Waals surface area contributed by atoms with Crippen molar-refractivity contribution >= 4 is 0 Å². The molecule has 0 bridgehead atoms. The summed E-state index contributed by atoms with van der Waals surface area (Å²) in [5.41, 5.74) is 0. The molecule has 0 amide bonds. The Labute approximate surface area is 154 Å². The minimum absolute atomic E-state index is 0. The smallest absolute Gasteiger partial charge is 0.0786 e. The largest absolute Gasteiger partial charge is 1.00 e. The van der Waals surface area contributed by atoms with Crippen LogP contribution < -0.4 is 48.0 Å². The number of quaternary nitrogens is 2. The number of nitrogens with zero attached hydrogens (tertiary/aromatic N) is 2. The summed E-state index contributed by atoms with van der Waals surface area (Å²) in [5, 5.41) is 0. The molecule has 0 saturated carbocycles. The van der Waals surface area contributed by atoms with Gasteiger partial charge in [-0.1, -0.05) is 0 Å². The Bertz CT molecular complexity index is 210. The molecule has 0 aromatic carbocycles. The fourth-order valence-electron chi connectivity index (χ4n) is 3.81. The predicted molar refractivity (Wildman–Crippen MR) is 73.9 cm³/mol. The van der Waals surface area contributed by atoms with E-state index in [9.17, 15) is 0 Å². The average Bonchev–Trinajstić information content (AvgIpc) is 2.89. The van der Waals surface area contributed by atoms with Gasteiger partial charge in [-0.15, -0.1) is 0 Å². The fraction of sp³-hybridized carbons (Fsp3) is 1.00. The van der Waals surface area contributed by atoms with Crippen molar-refractivity contribution in [3.8, 4) is 0 Å². The van der Waals surface area contributed by atoms with Crippen LogP contribution in [0.15, 0.2) is 0 Å². The number of unbranched alkanes of at least 4 members (excludes halogenated alkanes) is 2.